The molecule has 2 fully saturated rings. The van der Waals surface area contributed by atoms with Crippen LogP contribution >= 0.6 is 11.3 Å². The summed E-state index contributed by atoms with van der Waals surface area (Å²) in [4.78, 5) is 21.6. The molecular weight excluding hydrogens is 444 g/mol. The Hall–Kier alpha value is -2.49. The number of rotatable bonds is 4. The minimum atomic E-state index is -3.33. The van der Waals surface area contributed by atoms with Gasteiger partial charge in [0.05, 0.1) is 32.7 Å². The lowest BCUT2D eigenvalue weighted by atomic mass is 9.87. The fourth-order valence-corrected chi connectivity index (χ4v) is 6.09. The summed E-state index contributed by atoms with van der Waals surface area (Å²) >= 11 is 1.65. The van der Waals surface area contributed by atoms with Gasteiger partial charge in [0.1, 0.15) is 0 Å². The number of hydrogen-bond acceptors (Lipinski definition) is 6. The molecule has 1 aromatic heterocycles. The van der Waals surface area contributed by atoms with Crippen molar-refractivity contribution in [3.05, 3.63) is 53.5 Å². The van der Waals surface area contributed by atoms with Crippen molar-refractivity contribution in [3.8, 4) is 0 Å². The zero-order valence-electron chi connectivity index (χ0n) is 18.1. The van der Waals surface area contributed by atoms with Crippen molar-refractivity contribution in [2.75, 3.05) is 30.8 Å². The molecule has 9 heteroatoms. The number of likely N-dealkylation sites (tertiary alicyclic amines) is 1. The van der Waals surface area contributed by atoms with E-state index < -0.39 is 9.84 Å². The topological polar surface area (TPSA) is 82.6 Å². The summed E-state index contributed by atoms with van der Waals surface area (Å²) in [5, 5.41) is 3.20. The van der Waals surface area contributed by atoms with E-state index in [1.54, 1.807) is 40.5 Å². The van der Waals surface area contributed by atoms with Crippen molar-refractivity contribution < 1.29 is 13.2 Å². The van der Waals surface area contributed by atoms with Crippen LogP contribution in [-0.2, 0) is 9.84 Å². The number of fused-ring (bicyclic) bond motifs is 1. The molecule has 3 aromatic rings. The van der Waals surface area contributed by atoms with Gasteiger partial charge in [-0.3, -0.25) is 9.80 Å². The Kier molecular flexibility index (Phi) is 5.22. The van der Waals surface area contributed by atoms with E-state index in [-0.39, 0.29) is 22.5 Å². The molecule has 1 spiro atoms. The van der Waals surface area contributed by atoms with Gasteiger partial charge in [0.2, 0.25) is 0 Å². The summed E-state index contributed by atoms with van der Waals surface area (Å²) < 4.78 is 25.0. The number of hydrogen-bond donors (Lipinski definition) is 1. The zero-order chi connectivity index (χ0) is 22.5. The number of nitrogens with one attached hydrogen (secondary N) is 1. The normalized spacial score (nSPS) is 20.1. The Morgan fingerprint density at radius 3 is 2.69 bits per heavy atom. The molecule has 1 N–H and O–H groups in total. The van der Waals surface area contributed by atoms with E-state index in [0.717, 1.165) is 31.4 Å². The lowest BCUT2D eigenvalue weighted by Crippen LogP contribution is -2.52. The second kappa shape index (κ2) is 7.83. The molecule has 0 unspecified atom stereocenters. The largest absolute Gasteiger partial charge is 0.330 e. The van der Waals surface area contributed by atoms with E-state index in [1.165, 1.54) is 16.5 Å². The van der Waals surface area contributed by atoms with Gasteiger partial charge >= 0.3 is 6.03 Å². The first-order valence-electron chi connectivity index (χ1n) is 10.7. The van der Waals surface area contributed by atoms with E-state index >= 15 is 0 Å². The maximum absolute atomic E-state index is 12.8. The van der Waals surface area contributed by atoms with Gasteiger partial charge in [-0.15, -0.1) is 11.3 Å². The maximum Gasteiger partial charge on any atom is 0.322 e. The first-order chi connectivity index (χ1) is 15.2. The number of thiazole rings is 1. The molecular formula is C23H26N4O3S2. The van der Waals surface area contributed by atoms with Gasteiger partial charge in [-0.2, -0.15) is 0 Å². The minimum Gasteiger partial charge on any atom is -0.330 e. The SMILES string of the molecule is C[C@@H](c1ccc2scnc2c1)N1CCC2(CC1)CN(c1cccc(S(C)(=O)=O)c1)C(=O)N2. The van der Waals surface area contributed by atoms with Crippen molar-refractivity contribution in [2.24, 2.45) is 0 Å². The summed E-state index contributed by atoms with van der Waals surface area (Å²) in [6.07, 6.45) is 2.88. The van der Waals surface area contributed by atoms with Crippen LogP contribution in [0.15, 0.2) is 52.9 Å². The number of urea groups is 1. The Morgan fingerprint density at radius 1 is 1.16 bits per heavy atom. The fourth-order valence-electron chi connectivity index (χ4n) is 4.77. The highest BCUT2D eigenvalue weighted by Crippen LogP contribution is 2.35. The first-order valence-corrected chi connectivity index (χ1v) is 13.5. The quantitative estimate of drug-likeness (QED) is 0.627. The summed E-state index contributed by atoms with van der Waals surface area (Å²) in [6.45, 7) is 4.54. The van der Waals surface area contributed by atoms with Gasteiger partial charge in [-0.1, -0.05) is 12.1 Å². The minimum absolute atomic E-state index is 0.161. The Bertz CT molecular complexity index is 1280. The summed E-state index contributed by atoms with van der Waals surface area (Å²) in [7, 11) is -3.33. The van der Waals surface area contributed by atoms with Crippen molar-refractivity contribution in [1.29, 1.82) is 0 Å². The zero-order valence-corrected chi connectivity index (χ0v) is 19.7. The van der Waals surface area contributed by atoms with Crippen molar-refractivity contribution in [2.45, 2.75) is 36.2 Å². The van der Waals surface area contributed by atoms with Gasteiger partial charge in [-0.05, 0) is 55.7 Å². The van der Waals surface area contributed by atoms with Crippen LogP contribution in [-0.4, -0.2) is 55.8 Å². The van der Waals surface area contributed by atoms with E-state index in [4.69, 9.17) is 0 Å². The fraction of sp³-hybridized carbons (Fsp3) is 0.391. The average molecular weight is 471 g/mol. The average Bonchev–Trinajstić information content (AvgIpc) is 3.37. The number of carbonyl (C=O) groups is 1. The second-order valence-corrected chi connectivity index (χ2v) is 11.8. The van der Waals surface area contributed by atoms with E-state index in [0.29, 0.717) is 12.2 Å². The number of aromatic nitrogens is 1. The maximum atomic E-state index is 12.8. The van der Waals surface area contributed by atoms with E-state index in [1.807, 2.05) is 5.51 Å². The third kappa shape index (κ3) is 3.89. The van der Waals surface area contributed by atoms with E-state index in [2.05, 4.69) is 40.3 Å². The molecule has 0 saturated carbocycles. The number of anilines is 1. The lowest BCUT2D eigenvalue weighted by molar-refractivity contribution is 0.121. The Balaban J connectivity index is 1.29. The third-order valence-corrected chi connectivity index (χ3v) is 8.70. The Morgan fingerprint density at radius 2 is 1.94 bits per heavy atom. The molecule has 3 heterocycles. The monoisotopic (exact) mass is 470 g/mol. The predicted octanol–water partition coefficient (Wildman–Crippen LogP) is 3.83. The van der Waals surface area contributed by atoms with Crippen LogP contribution in [0, 0.1) is 0 Å². The molecule has 5 rings (SSSR count). The number of sulfone groups is 1. The molecule has 0 aliphatic carbocycles. The molecule has 32 heavy (non-hydrogen) atoms. The van der Waals surface area contributed by atoms with Gasteiger partial charge in [0, 0.05) is 31.1 Å². The second-order valence-electron chi connectivity index (χ2n) is 8.86. The van der Waals surface area contributed by atoms with Crippen molar-refractivity contribution in [3.63, 3.8) is 0 Å². The Labute approximate surface area is 192 Å². The number of benzene rings is 2. The molecule has 7 nitrogen and oxygen atoms in total. The molecule has 2 aliphatic heterocycles. The van der Waals surface area contributed by atoms with Crippen LogP contribution in [0.4, 0.5) is 10.5 Å². The van der Waals surface area contributed by atoms with Gasteiger partial charge in [-0.25, -0.2) is 18.2 Å². The van der Waals surface area contributed by atoms with Gasteiger partial charge < -0.3 is 5.32 Å². The standard InChI is InChI=1S/C23H26N4O3S2/c1-16(17-6-7-21-20(12-17)24-15-31-21)26-10-8-23(9-11-26)14-27(22(28)25-23)18-4-3-5-19(13-18)32(2,29)30/h3-7,12-13,15-16H,8-11,14H2,1-2H3,(H,25,28)/t16-/m0/s1. The van der Waals surface area contributed by atoms with Crippen molar-refractivity contribution >= 4 is 43.1 Å². The molecule has 0 radical (unpaired) electrons. The van der Waals surface area contributed by atoms with Gasteiger partial charge in [0.25, 0.3) is 0 Å². The van der Waals surface area contributed by atoms with Crippen molar-refractivity contribution in [1.82, 2.24) is 15.2 Å². The smallest absolute Gasteiger partial charge is 0.322 e. The molecule has 2 saturated heterocycles. The highest BCUT2D eigenvalue weighted by molar-refractivity contribution is 7.90. The van der Waals surface area contributed by atoms with Crippen LogP contribution in [0.5, 0.6) is 0 Å². The van der Waals surface area contributed by atoms with Crippen LogP contribution in [0.2, 0.25) is 0 Å². The molecule has 168 valence electrons. The van der Waals surface area contributed by atoms with Crippen LogP contribution in [0.25, 0.3) is 10.2 Å². The van der Waals surface area contributed by atoms with Gasteiger partial charge in [0.15, 0.2) is 9.84 Å². The number of carbonyl (C=O) groups excluding carboxylic acids is 1. The summed E-state index contributed by atoms with van der Waals surface area (Å²) in [5.41, 5.74) is 4.52. The highest BCUT2D eigenvalue weighted by Gasteiger charge is 2.45. The number of nitrogens with zero attached hydrogens (tertiary/aromatic N) is 3. The molecule has 2 aromatic carbocycles. The van der Waals surface area contributed by atoms with Crippen LogP contribution in [0.1, 0.15) is 31.4 Å². The van der Waals surface area contributed by atoms with E-state index in [9.17, 15) is 13.2 Å². The van der Waals surface area contributed by atoms with Crippen LogP contribution < -0.4 is 10.2 Å². The number of amides is 2. The molecule has 0 bridgehead atoms. The summed E-state index contributed by atoms with van der Waals surface area (Å²) in [6, 6.07) is 13.2. The molecule has 2 aliphatic rings. The highest BCUT2D eigenvalue weighted by atomic mass is 32.2. The molecule has 1 atom stereocenters. The third-order valence-electron chi connectivity index (χ3n) is 6.78. The molecule has 2 amide bonds. The number of piperidine rings is 1. The lowest BCUT2D eigenvalue weighted by Gasteiger charge is -2.41. The first kappa shape index (κ1) is 21.4. The predicted molar refractivity (Wildman–Crippen MR) is 127 cm³/mol. The van der Waals surface area contributed by atoms with Crippen LogP contribution in [0.3, 0.4) is 0 Å². The summed E-state index contributed by atoms with van der Waals surface area (Å²) in [5.74, 6) is 0.